The van der Waals surface area contributed by atoms with Gasteiger partial charge in [-0.05, 0) is 25.0 Å². The van der Waals surface area contributed by atoms with Crippen LogP contribution in [-0.4, -0.2) is 12.7 Å². The smallest absolute Gasteiger partial charge is 0.184 e. The number of para-hydroxylation sites is 2. The normalized spacial score (nSPS) is 11.6. The average molecular weight is 219 g/mol. The molecular weight excluding hydrogens is 202 g/mol. The lowest BCUT2D eigenvalue weighted by Gasteiger charge is -2.14. The Balaban J connectivity index is 2.74. The van der Waals surface area contributed by atoms with Gasteiger partial charge in [0.25, 0.3) is 0 Å². The first-order valence-corrected chi connectivity index (χ1v) is 5.59. The molecule has 0 fully saturated rings. The van der Waals surface area contributed by atoms with E-state index < -0.39 is 6.10 Å². The van der Waals surface area contributed by atoms with Crippen LogP contribution in [0.5, 0.6) is 11.5 Å². The van der Waals surface area contributed by atoms with Crippen LogP contribution in [0.2, 0.25) is 0 Å². The van der Waals surface area contributed by atoms with Crippen molar-refractivity contribution in [2.75, 3.05) is 6.61 Å². The second kappa shape index (κ2) is 6.73. The minimum absolute atomic E-state index is 0.411. The van der Waals surface area contributed by atoms with E-state index in [1.54, 1.807) is 0 Å². The van der Waals surface area contributed by atoms with E-state index >= 15 is 0 Å². The summed E-state index contributed by atoms with van der Waals surface area (Å²) in [7, 11) is 0. The fraction of sp³-hybridized carbons (Fsp3) is 0.462. The maximum Gasteiger partial charge on any atom is 0.184 e. The summed E-state index contributed by atoms with van der Waals surface area (Å²) < 4.78 is 11.1. The number of nitrogens with zero attached hydrogens (tertiary/aromatic N) is 1. The molecule has 16 heavy (non-hydrogen) atoms. The van der Waals surface area contributed by atoms with Crippen LogP contribution in [0.3, 0.4) is 0 Å². The second-order valence-electron chi connectivity index (χ2n) is 3.44. The topological polar surface area (TPSA) is 42.2 Å². The van der Waals surface area contributed by atoms with E-state index in [9.17, 15) is 0 Å². The molecule has 0 saturated carbocycles. The van der Waals surface area contributed by atoms with Crippen LogP contribution in [0.4, 0.5) is 0 Å². The molecule has 1 aromatic rings. The average Bonchev–Trinajstić information content (AvgIpc) is 2.34. The van der Waals surface area contributed by atoms with Gasteiger partial charge in [-0.1, -0.05) is 26.0 Å². The van der Waals surface area contributed by atoms with Crippen LogP contribution in [0.25, 0.3) is 0 Å². The Morgan fingerprint density at radius 3 is 2.50 bits per heavy atom. The Hall–Kier alpha value is -1.69. The second-order valence-corrected chi connectivity index (χ2v) is 3.44. The minimum atomic E-state index is -0.411. The highest BCUT2D eigenvalue weighted by Gasteiger charge is 2.10. The number of hydrogen-bond acceptors (Lipinski definition) is 3. The summed E-state index contributed by atoms with van der Waals surface area (Å²) in [5.74, 6) is 1.35. The van der Waals surface area contributed by atoms with Gasteiger partial charge in [-0.2, -0.15) is 5.26 Å². The van der Waals surface area contributed by atoms with Crippen molar-refractivity contribution in [2.24, 2.45) is 0 Å². The van der Waals surface area contributed by atoms with Crippen LogP contribution in [-0.2, 0) is 0 Å². The van der Waals surface area contributed by atoms with Crippen molar-refractivity contribution in [1.29, 1.82) is 5.26 Å². The number of rotatable bonds is 6. The highest BCUT2D eigenvalue weighted by atomic mass is 16.5. The molecule has 3 heteroatoms. The molecule has 1 rings (SSSR count). The first-order chi connectivity index (χ1) is 7.81. The van der Waals surface area contributed by atoms with Crippen LogP contribution < -0.4 is 9.47 Å². The third-order valence-corrected chi connectivity index (χ3v) is 2.09. The Morgan fingerprint density at radius 2 is 1.94 bits per heavy atom. The molecule has 1 unspecified atom stereocenters. The lowest BCUT2D eigenvalue weighted by Crippen LogP contribution is -2.13. The van der Waals surface area contributed by atoms with Crippen molar-refractivity contribution < 1.29 is 9.47 Å². The standard InChI is InChI=1S/C13H17NO2/c1-3-9-15-12-7-5-6-8-13(12)16-11(4-2)10-14/h5-8,11H,3-4,9H2,1-2H3. The van der Waals surface area contributed by atoms with Gasteiger partial charge in [-0.3, -0.25) is 0 Å². The summed E-state index contributed by atoms with van der Waals surface area (Å²) in [6.07, 6.45) is 1.20. The fourth-order valence-electron chi connectivity index (χ4n) is 1.23. The van der Waals surface area contributed by atoms with Gasteiger partial charge in [0.05, 0.1) is 6.61 Å². The highest BCUT2D eigenvalue weighted by molar-refractivity contribution is 5.39. The molecule has 0 aliphatic heterocycles. The van der Waals surface area contributed by atoms with Crippen LogP contribution in [0, 0.1) is 11.3 Å². The molecule has 0 amide bonds. The molecule has 0 radical (unpaired) electrons. The lowest BCUT2D eigenvalue weighted by atomic mass is 10.3. The summed E-state index contributed by atoms with van der Waals surface area (Å²) in [6, 6.07) is 9.55. The van der Waals surface area contributed by atoms with Crippen LogP contribution in [0.15, 0.2) is 24.3 Å². The van der Waals surface area contributed by atoms with E-state index in [0.29, 0.717) is 24.5 Å². The monoisotopic (exact) mass is 219 g/mol. The van der Waals surface area contributed by atoms with Crippen molar-refractivity contribution in [1.82, 2.24) is 0 Å². The van der Waals surface area contributed by atoms with Gasteiger partial charge >= 0.3 is 0 Å². The van der Waals surface area contributed by atoms with E-state index in [2.05, 4.69) is 6.07 Å². The summed E-state index contributed by atoms with van der Waals surface area (Å²) in [4.78, 5) is 0. The predicted molar refractivity (Wildman–Crippen MR) is 62.5 cm³/mol. The summed E-state index contributed by atoms with van der Waals surface area (Å²) >= 11 is 0. The third-order valence-electron chi connectivity index (χ3n) is 2.09. The molecule has 0 bridgehead atoms. The SMILES string of the molecule is CCCOc1ccccc1OC(C#N)CC. The summed E-state index contributed by atoms with van der Waals surface area (Å²) in [5, 5.41) is 8.84. The Kier molecular flexibility index (Phi) is 5.21. The molecule has 3 nitrogen and oxygen atoms in total. The van der Waals surface area contributed by atoms with Crippen molar-refractivity contribution in [3.8, 4) is 17.6 Å². The predicted octanol–water partition coefficient (Wildman–Crippen LogP) is 3.16. The molecule has 0 N–H and O–H groups in total. The molecule has 0 saturated heterocycles. The van der Waals surface area contributed by atoms with E-state index in [1.807, 2.05) is 38.1 Å². The molecule has 0 spiro atoms. The molecular formula is C13H17NO2. The highest BCUT2D eigenvalue weighted by Crippen LogP contribution is 2.27. The van der Waals surface area contributed by atoms with Gasteiger partial charge in [0.1, 0.15) is 6.07 Å². The van der Waals surface area contributed by atoms with Crippen LogP contribution >= 0.6 is 0 Å². The van der Waals surface area contributed by atoms with E-state index in [-0.39, 0.29) is 0 Å². The molecule has 86 valence electrons. The van der Waals surface area contributed by atoms with Crippen molar-refractivity contribution in [2.45, 2.75) is 32.8 Å². The molecule has 0 aliphatic rings. The van der Waals surface area contributed by atoms with Crippen molar-refractivity contribution >= 4 is 0 Å². The third kappa shape index (κ3) is 3.47. The Labute approximate surface area is 96.6 Å². The van der Waals surface area contributed by atoms with Gasteiger partial charge in [0.2, 0.25) is 0 Å². The molecule has 1 atom stereocenters. The largest absolute Gasteiger partial charge is 0.490 e. The quantitative estimate of drug-likeness (QED) is 0.738. The van der Waals surface area contributed by atoms with Gasteiger partial charge < -0.3 is 9.47 Å². The Morgan fingerprint density at radius 1 is 1.25 bits per heavy atom. The van der Waals surface area contributed by atoms with Crippen molar-refractivity contribution in [3.63, 3.8) is 0 Å². The first kappa shape index (κ1) is 12.4. The number of benzene rings is 1. The first-order valence-electron chi connectivity index (χ1n) is 5.59. The van der Waals surface area contributed by atoms with E-state index in [1.165, 1.54) is 0 Å². The summed E-state index contributed by atoms with van der Waals surface area (Å²) in [5.41, 5.74) is 0. The van der Waals surface area contributed by atoms with Gasteiger partial charge in [-0.15, -0.1) is 0 Å². The van der Waals surface area contributed by atoms with E-state index in [4.69, 9.17) is 14.7 Å². The van der Waals surface area contributed by atoms with E-state index in [0.717, 1.165) is 6.42 Å². The zero-order chi connectivity index (χ0) is 11.8. The number of hydrogen-bond donors (Lipinski definition) is 0. The Bertz CT molecular complexity index is 357. The van der Waals surface area contributed by atoms with Gasteiger partial charge in [0.15, 0.2) is 17.6 Å². The minimum Gasteiger partial charge on any atom is -0.490 e. The van der Waals surface area contributed by atoms with Gasteiger partial charge in [-0.25, -0.2) is 0 Å². The number of nitriles is 1. The van der Waals surface area contributed by atoms with Crippen molar-refractivity contribution in [3.05, 3.63) is 24.3 Å². The zero-order valence-electron chi connectivity index (χ0n) is 9.77. The fourth-order valence-corrected chi connectivity index (χ4v) is 1.23. The molecule has 0 aromatic heterocycles. The zero-order valence-corrected chi connectivity index (χ0v) is 9.77. The molecule has 0 heterocycles. The molecule has 1 aromatic carbocycles. The van der Waals surface area contributed by atoms with Crippen LogP contribution in [0.1, 0.15) is 26.7 Å². The maximum atomic E-state index is 8.84. The molecule has 0 aliphatic carbocycles. The van der Waals surface area contributed by atoms with Gasteiger partial charge in [0, 0.05) is 0 Å². The maximum absolute atomic E-state index is 8.84. The number of ether oxygens (including phenoxy) is 2. The summed E-state index contributed by atoms with van der Waals surface area (Å²) in [6.45, 7) is 4.63. The lowest BCUT2D eigenvalue weighted by molar-refractivity contribution is 0.228.